The van der Waals surface area contributed by atoms with E-state index in [2.05, 4.69) is 18.4 Å². The van der Waals surface area contributed by atoms with Crippen molar-refractivity contribution in [3.8, 4) is 0 Å². The van der Waals surface area contributed by atoms with Gasteiger partial charge in [0.2, 0.25) is 0 Å². The summed E-state index contributed by atoms with van der Waals surface area (Å²) in [6, 6.07) is 0.617. The molecule has 2 nitrogen and oxygen atoms in total. The van der Waals surface area contributed by atoms with Gasteiger partial charge in [-0.25, -0.2) is 0 Å². The van der Waals surface area contributed by atoms with E-state index in [1.165, 1.54) is 25.8 Å². The molecular formula is C13H25NOS. The normalized spacial score (nSPS) is 27.6. The van der Waals surface area contributed by atoms with Crippen molar-refractivity contribution >= 4 is 10.8 Å². The van der Waals surface area contributed by atoms with Crippen molar-refractivity contribution < 1.29 is 4.21 Å². The van der Waals surface area contributed by atoms with Gasteiger partial charge >= 0.3 is 0 Å². The highest BCUT2D eigenvalue weighted by Gasteiger charge is 2.18. The Morgan fingerprint density at radius 3 is 2.94 bits per heavy atom. The number of hydrogen-bond acceptors (Lipinski definition) is 2. The van der Waals surface area contributed by atoms with Gasteiger partial charge in [-0.2, -0.15) is 0 Å². The lowest BCUT2D eigenvalue weighted by Crippen LogP contribution is -2.34. The molecule has 0 N–H and O–H groups in total. The van der Waals surface area contributed by atoms with E-state index in [0.29, 0.717) is 6.04 Å². The maximum atomic E-state index is 11.5. The van der Waals surface area contributed by atoms with E-state index in [0.717, 1.165) is 30.9 Å². The third-order valence-electron chi connectivity index (χ3n) is 3.35. The predicted octanol–water partition coefficient (Wildman–Crippen LogP) is 2.58. The first-order valence-electron chi connectivity index (χ1n) is 6.44. The Bertz CT molecular complexity index is 230. The Morgan fingerprint density at radius 2 is 2.19 bits per heavy atom. The molecule has 3 heteroatoms. The first-order valence-corrected chi connectivity index (χ1v) is 7.92. The lowest BCUT2D eigenvalue weighted by molar-refractivity contribution is 0.216. The van der Waals surface area contributed by atoms with Crippen LogP contribution in [0.4, 0.5) is 0 Å². The Kier molecular flexibility index (Phi) is 6.97. The fourth-order valence-electron chi connectivity index (χ4n) is 2.14. The largest absolute Gasteiger partial charge is 0.300 e. The third-order valence-corrected chi connectivity index (χ3v) is 4.68. The fraction of sp³-hybridized carbons (Fsp3) is 0.846. The average Bonchev–Trinajstić information content (AvgIpc) is 2.43. The van der Waals surface area contributed by atoms with Crippen molar-refractivity contribution in [2.45, 2.75) is 45.1 Å². The SMILES string of the molecule is C=CCCCCCN1CC[S@@](=O)CC[C@@H]1C. The zero-order chi connectivity index (χ0) is 11.8. The molecule has 1 heterocycles. The Hall–Kier alpha value is -0.150. The molecule has 0 aromatic heterocycles. The van der Waals surface area contributed by atoms with E-state index < -0.39 is 10.8 Å². The second-order valence-electron chi connectivity index (χ2n) is 4.66. The summed E-state index contributed by atoms with van der Waals surface area (Å²) >= 11 is 0. The molecule has 0 unspecified atom stereocenters. The third kappa shape index (κ3) is 5.26. The van der Waals surface area contributed by atoms with Crippen LogP contribution < -0.4 is 0 Å². The molecule has 0 aliphatic carbocycles. The van der Waals surface area contributed by atoms with Crippen LogP contribution in [-0.2, 0) is 10.8 Å². The quantitative estimate of drug-likeness (QED) is 0.528. The maximum absolute atomic E-state index is 11.5. The number of hydrogen-bond donors (Lipinski definition) is 0. The molecule has 2 atom stereocenters. The molecule has 1 saturated heterocycles. The summed E-state index contributed by atoms with van der Waals surface area (Å²) in [5.41, 5.74) is 0. The molecular weight excluding hydrogens is 218 g/mol. The van der Waals surface area contributed by atoms with Gasteiger partial charge in [-0.15, -0.1) is 6.58 Å². The first-order chi connectivity index (χ1) is 7.74. The van der Waals surface area contributed by atoms with Crippen molar-refractivity contribution in [2.75, 3.05) is 24.6 Å². The molecule has 0 aromatic rings. The Balaban J connectivity index is 2.18. The summed E-state index contributed by atoms with van der Waals surface area (Å²) in [6.45, 7) is 8.21. The summed E-state index contributed by atoms with van der Waals surface area (Å²) in [5.74, 6) is 1.77. The van der Waals surface area contributed by atoms with Crippen molar-refractivity contribution in [3.63, 3.8) is 0 Å². The summed E-state index contributed by atoms with van der Waals surface area (Å²) in [4.78, 5) is 2.51. The molecule has 0 bridgehead atoms. The number of unbranched alkanes of at least 4 members (excludes halogenated alkanes) is 3. The standard InChI is InChI=1S/C13H25NOS/c1-3-4-5-6-7-9-14-10-12-16(15)11-8-13(14)2/h3,13H,1,4-12H2,2H3/t13-,16-/m0/s1. The molecule has 16 heavy (non-hydrogen) atoms. The number of allylic oxidation sites excluding steroid dienone is 1. The molecule has 0 radical (unpaired) electrons. The fourth-order valence-corrected chi connectivity index (χ4v) is 3.38. The van der Waals surface area contributed by atoms with Gasteiger partial charge in [0, 0.05) is 34.9 Å². The molecule has 1 rings (SSSR count). The van der Waals surface area contributed by atoms with Gasteiger partial charge in [0.05, 0.1) is 0 Å². The lowest BCUT2D eigenvalue weighted by atomic mass is 10.1. The Labute approximate surface area is 103 Å². The number of nitrogens with zero attached hydrogens (tertiary/aromatic N) is 1. The van der Waals surface area contributed by atoms with Gasteiger partial charge in [0.15, 0.2) is 0 Å². The minimum atomic E-state index is -0.564. The van der Waals surface area contributed by atoms with Crippen molar-refractivity contribution in [1.82, 2.24) is 4.90 Å². The van der Waals surface area contributed by atoms with E-state index in [4.69, 9.17) is 0 Å². The number of rotatable bonds is 6. The highest BCUT2D eigenvalue weighted by atomic mass is 32.2. The summed E-state index contributed by atoms with van der Waals surface area (Å²) in [7, 11) is -0.564. The van der Waals surface area contributed by atoms with Gasteiger partial charge in [-0.05, 0) is 39.2 Å². The molecule has 1 aliphatic heterocycles. The van der Waals surface area contributed by atoms with Crippen LogP contribution in [0.1, 0.15) is 39.0 Å². The van der Waals surface area contributed by atoms with Crippen LogP contribution in [0, 0.1) is 0 Å². The van der Waals surface area contributed by atoms with Crippen LogP contribution >= 0.6 is 0 Å². The van der Waals surface area contributed by atoms with E-state index in [-0.39, 0.29) is 0 Å². The smallest absolute Gasteiger partial charge is 0.0362 e. The maximum Gasteiger partial charge on any atom is 0.0362 e. The van der Waals surface area contributed by atoms with Crippen LogP contribution in [0.5, 0.6) is 0 Å². The highest BCUT2D eigenvalue weighted by Crippen LogP contribution is 2.12. The second kappa shape index (κ2) is 8.02. The van der Waals surface area contributed by atoms with Crippen molar-refractivity contribution in [3.05, 3.63) is 12.7 Å². The molecule has 1 aliphatic rings. The van der Waals surface area contributed by atoms with E-state index in [1.807, 2.05) is 6.08 Å². The second-order valence-corrected chi connectivity index (χ2v) is 6.36. The van der Waals surface area contributed by atoms with Crippen molar-refractivity contribution in [1.29, 1.82) is 0 Å². The summed E-state index contributed by atoms with van der Waals surface area (Å²) in [5, 5.41) is 0. The van der Waals surface area contributed by atoms with Crippen LogP contribution in [0.25, 0.3) is 0 Å². The van der Waals surface area contributed by atoms with E-state index in [1.54, 1.807) is 0 Å². The first kappa shape index (κ1) is 13.9. The minimum absolute atomic E-state index is 0.564. The zero-order valence-corrected chi connectivity index (χ0v) is 11.3. The van der Waals surface area contributed by atoms with Crippen molar-refractivity contribution in [2.24, 2.45) is 0 Å². The van der Waals surface area contributed by atoms with Gasteiger partial charge in [-0.3, -0.25) is 9.11 Å². The summed E-state index contributed by atoms with van der Waals surface area (Å²) < 4.78 is 11.5. The molecule has 0 spiro atoms. The van der Waals surface area contributed by atoms with E-state index >= 15 is 0 Å². The highest BCUT2D eigenvalue weighted by molar-refractivity contribution is 7.85. The monoisotopic (exact) mass is 243 g/mol. The lowest BCUT2D eigenvalue weighted by Gasteiger charge is -2.26. The Morgan fingerprint density at radius 1 is 1.38 bits per heavy atom. The van der Waals surface area contributed by atoms with Crippen LogP contribution in [0.15, 0.2) is 12.7 Å². The van der Waals surface area contributed by atoms with Gasteiger partial charge in [-0.1, -0.05) is 12.5 Å². The molecule has 0 aromatic carbocycles. The van der Waals surface area contributed by atoms with Crippen LogP contribution in [-0.4, -0.2) is 39.7 Å². The summed E-state index contributed by atoms with van der Waals surface area (Å²) in [6.07, 6.45) is 8.05. The average molecular weight is 243 g/mol. The molecule has 1 fully saturated rings. The van der Waals surface area contributed by atoms with Gasteiger partial charge in [0.1, 0.15) is 0 Å². The predicted molar refractivity (Wildman–Crippen MR) is 72.2 cm³/mol. The van der Waals surface area contributed by atoms with Crippen LogP contribution in [0.3, 0.4) is 0 Å². The van der Waals surface area contributed by atoms with Gasteiger partial charge < -0.3 is 0 Å². The van der Waals surface area contributed by atoms with Gasteiger partial charge in [0.25, 0.3) is 0 Å². The molecule has 94 valence electrons. The molecule has 0 saturated carbocycles. The minimum Gasteiger partial charge on any atom is -0.300 e. The molecule has 0 amide bonds. The topological polar surface area (TPSA) is 20.3 Å². The zero-order valence-electron chi connectivity index (χ0n) is 10.5. The van der Waals surface area contributed by atoms with Crippen LogP contribution in [0.2, 0.25) is 0 Å². The van der Waals surface area contributed by atoms with E-state index in [9.17, 15) is 4.21 Å².